The van der Waals surface area contributed by atoms with Gasteiger partial charge in [0.1, 0.15) is 5.82 Å². The van der Waals surface area contributed by atoms with Crippen LogP contribution in [-0.2, 0) is 0 Å². The van der Waals surface area contributed by atoms with Gasteiger partial charge in [-0.3, -0.25) is 5.10 Å². The molecule has 0 aliphatic heterocycles. The van der Waals surface area contributed by atoms with E-state index in [4.69, 9.17) is 9.47 Å². The molecule has 5 heteroatoms. The summed E-state index contributed by atoms with van der Waals surface area (Å²) in [5, 5.41) is 7.16. The maximum atomic E-state index is 5.37. The van der Waals surface area contributed by atoms with Crippen molar-refractivity contribution < 1.29 is 9.47 Å². The topological polar surface area (TPSA) is 60.0 Å². The Morgan fingerprint density at radius 1 is 1.17 bits per heavy atom. The molecule has 1 heterocycles. The Hall–Kier alpha value is -2.04. The molecule has 0 saturated heterocycles. The van der Waals surface area contributed by atoms with Crippen LogP contribution < -0.4 is 9.47 Å². The highest BCUT2D eigenvalue weighted by molar-refractivity contribution is 5.68. The summed E-state index contributed by atoms with van der Waals surface area (Å²) in [6.45, 7) is 4.13. The first-order valence-electron chi connectivity index (χ1n) is 5.81. The fourth-order valence-electron chi connectivity index (χ4n) is 1.72. The third-order valence-electron chi connectivity index (χ3n) is 2.69. The Kier molecular flexibility index (Phi) is 3.50. The van der Waals surface area contributed by atoms with E-state index in [2.05, 4.69) is 29.0 Å². The summed E-state index contributed by atoms with van der Waals surface area (Å²) in [6.07, 6.45) is 0. The molecule has 0 unspecified atom stereocenters. The van der Waals surface area contributed by atoms with Crippen LogP contribution in [-0.4, -0.2) is 29.4 Å². The lowest BCUT2D eigenvalue weighted by atomic mass is 10.1. The number of hydrogen-bond donors (Lipinski definition) is 1. The molecule has 0 spiro atoms. The van der Waals surface area contributed by atoms with Gasteiger partial charge >= 0.3 is 0 Å². The molecule has 0 saturated carbocycles. The predicted molar refractivity (Wildman–Crippen MR) is 69.0 cm³/mol. The van der Waals surface area contributed by atoms with Gasteiger partial charge in [-0.15, -0.1) is 0 Å². The molecule has 0 radical (unpaired) electrons. The minimum atomic E-state index is 0.308. The summed E-state index contributed by atoms with van der Waals surface area (Å²) in [4.78, 5) is 4.46. The predicted octanol–water partition coefficient (Wildman–Crippen LogP) is 2.61. The van der Waals surface area contributed by atoms with E-state index in [0.717, 1.165) is 11.4 Å². The van der Waals surface area contributed by atoms with Gasteiger partial charge in [-0.05, 0) is 12.1 Å². The Bertz CT molecular complexity index is 535. The van der Waals surface area contributed by atoms with Crippen LogP contribution in [0.5, 0.6) is 11.5 Å². The van der Waals surface area contributed by atoms with Gasteiger partial charge < -0.3 is 9.47 Å². The van der Waals surface area contributed by atoms with E-state index in [-0.39, 0.29) is 0 Å². The van der Waals surface area contributed by atoms with Gasteiger partial charge in [-0.1, -0.05) is 19.9 Å². The molecule has 1 N–H and O–H groups in total. The summed E-state index contributed by atoms with van der Waals surface area (Å²) in [7, 11) is 3.22. The largest absolute Gasteiger partial charge is 0.493 e. The highest BCUT2D eigenvalue weighted by atomic mass is 16.5. The second kappa shape index (κ2) is 5.08. The fraction of sp³-hybridized carbons (Fsp3) is 0.385. The van der Waals surface area contributed by atoms with E-state index in [1.807, 2.05) is 18.2 Å². The van der Waals surface area contributed by atoms with Crippen molar-refractivity contribution in [3.63, 3.8) is 0 Å². The second-order valence-electron chi connectivity index (χ2n) is 4.24. The number of nitrogens with one attached hydrogen (secondary N) is 1. The maximum absolute atomic E-state index is 5.37. The minimum absolute atomic E-state index is 0.308. The zero-order valence-corrected chi connectivity index (χ0v) is 11.0. The van der Waals surface area contributed by atoms with Crippen LogP contribution in [0.4, 0.5) is 0 Å². The van der Waals surface area contributed by atoms with Crippen LogP contribution in [0.15, 0.2) is 18.2 Å². The molecule has 96 valence electrons. The van der Waals surface area contributed by atoms with E-state index < -0.39 is 0 Å². The smallest absolute Gasteiger partial charge is 0.185 e. The molecule has 0 fully saturated rings. The lowest BCUT2D eigenvalue weighted by molar-refractivity contribution is 0.356. The van der Waals surface area contributed by atoms with Crippen molar-refractivity contribution in [2.45, 2.75) is 19.8 Å². The average Bonchev–Trinajstić information content (AvgIpc) is 2.87. The summed E-state index contributed by atoms with van der Waals surface area (Å²) >= 11 is 0. The van der Waals surface area contributed by atoms with Crippen molar-refractivity contribution in [2.24, 2.45) is 0 Å². The number of H-pyrrole nitrogens is 1. The first-order chi connectivity index (χ1) is 8.67. The van der Waals surface area contributed by atoms with Crippen LogP contribution in [0.25, 0.3) is 11.4 Å². The number of aromatic amines is 1. The van der Waals surface area contributed by atoms with E-state index in [1.54, 1.807) is 14.2 Å². The van der Waals surface area contributed by atoms with E-state index >= 15 is 0 Å². The molecule has 0 aliphatic carbocycles. The summed E-state index contributed by atoms with van der Waals surface area (Å²) in [5.41, 5.74) is 0.819. The first-order valence-corrected chi connectivity index (χ1v) is 5.81. The molecule has 0 amide bonds. The minimum Gasteiger partial charge on any atom is -0.493 e. The third-order valence-corrected chi connectivity index (χ3v) is 2.69. The molecule has 0 bridgehead atoms. The zero-order chi connectivity index (χ0) is 13.1. The molecule has 18 heavy (non-hydrogen) atoms. The molecule has 0 aliphatic rings. The van der Waals surface area contributed by atoms with Gasteiger partial charge in [0.05, 0.1) is 19.8 Å². The average molecular weight is 247 g/mol. The maximum Gasteiger partial charge on any atom is 0.185 e. The molecule has 2 rings (SSSR count). The Morgan fingerprint density at radius 2 is 1.94 bits per heavy atom. The van der Waals surface area contributed by atoms with Crippen molar-refractivity contribution >= 4 is 0 Å². The van der Waals surface area contributed by atoms with Crippen LogP contribution in [0.2, 0.25) is 0 Å². The lowest BCUT2D eigenvalue weighted by Crippen LogP contribution is -1.94. The summed E-state index contributed by atoms with van der Waals surface area (Å²) in [6, 6.07) is 5.65. The van der Waals surface area contributed by atoms with E-state index in [0.29, 0.717) is 23.2 Å². The first kappa shape index (κ1) is 12.4. The van der Waals surface area contributed by atoms with E-state index in [9.17, 15) is 0 Å². The van der Waals surface area contributed by atoms with Gasteiger partial charge in [0.2, 0.25) is 0 Å². The lowest BCUT2D eigenvalue weighted by Gasteiger charge is -2.10. The highest BCUT2D eigenvalue weighted by Crippen LogP contribution is 2.36. The van der Waals surface area contributed by atoms with Crippen molar-refractivity contribution in [1.82, 2.24) is 15.2 Å². The van der Waals surface area contributed by atoms with Gasteiger partial charge in [0.25, 0.3) is 0 Å². The SMILES string of the molecule is COc1cccc(-c2n[nH]c(C(C)C)n2)c1OC. The quantitative estimate of drug-likeness (QED) is 0.902. The van der Waals surface area contributed by atoms with Crippen molar-refractivity contribution in [1.29, 1.82) is 0 Å². The standard InChI is InChI=1S/C13H17N3O2/c1-8(2)12-14-13(16-15-12)9-6-5-7-10(17-3)11(9)18-4/h5-8H,1-4H3,(H,14,15,16). The monoisotopic (exact) mass is 247 g/mol. The molecule has 2 aromatic rings. The highest BCUT2D eigenvalue weighted by Gasteiger charge is 2.16. The normalized spacial score (nSPS) is 10.7. The van der Waals surface area contributed by atoms with Gasteiger partial charge in [-0.25, -0.2) is 4.98 Å². The molecular formula is C13H17N3O2. The third kappa shape index (κ3) is 2.16. The fourth-order valence-corrected chi connectivity index (χ4v) is 1.72. The summed E-state index contributed by atoms with van der Waals surface area (Å²) in [5.74, 6) is 3.10. The number of ether oxygens (including phenoxy) is 2. The Balaban J connectivity index is 2.49. The molecule has 0 atom stereocenters. The van der Waals surface area contributed by atoms with E-state index in [1.165, 1.54) is 0 Å². The summed E-state index contributed by atoms with van der Waals surface area (Å²) < 4.78 is 10.6. The van der Waals surface area contributed by atoms with Crippen LogP contribution >= 0.6 is 0 Å². The molecule has 1 aromatic carbocycles. The number of nitrogens with zero attached hydrogens (tertiary/aromatic N) is 2. The number of benzene rings is 1. The van der Waals surface area contributed by atoms with Crippen molar-refractivity contribution in [2.75, 3.05) is 14.2 Å². The number of aromatic nitrogens is 3. The zero-order valence-electron chi connectivity index (χ0n) is 11.0. The number of hydrogen-bond acceptors (Lipinski definition) is 4. The van der Waals surface area contributed by atoms with Crippen LogP contribution in [0.3, 0.4) is 0 Å². The van der Waals surface area contributed by atoms with Crippen molar-refractivity contribution in [3.8, 4) is 22.9 Å². The van der Waals surface area contributed by atoms with Crippen LogP contribution in [0, 0.1) is 0 Å². The van der Waals surface area contributed by atoms with Gasteiger partial charge in [0, 0.05) is 5.92 Å². The van der Waals surface area contributed by atoms with Gasteiger partial charge in [0.15, 0.2) is 17.3 Å². The Labute approximate surface area is 106 Å². The Morgan fingerprint density at radius 3 is 2.50 bits per heavy atom. The molecule has 1 aromatic heterocycles. The molecular weight excluding hydrogens is 230 g/mol. The van der Waals surface area contributed by atoms with Crippen LogP contribution in [0.1, 0.15) is 25.6 Å². The molecule has 5 nitrogen and oxygen atoms in total. The number of para-hydroxylation sites is 1. The number of methoxy groups -OCH3 is 2. The second-order valence-corrected chi connectivity index (χ2v) is 4.24. The van der Waals surface area contributed by atoms with Crippen molar-refractivity contribution in [3.05, 3.63) is 24.0 Å². The van der Waals surface area contributed by atoms with Gasteiger partial charge in [-0.2, -0.15) is 5.10 Å². The number of rotatable bonds is 4.